The fourth-order valence-electron chi connectivity index (χ4n) is 1.60. The molecule has 0 aromatic heterocycles. The average molecular weight is 335 g/mol. The molecule has 10 heteroatoms. The van der Waals surface area contributed by atoms with Crippen molar-refractivity contribution in [2.24, 2.45) is 0 Å². The largest absolute Gasteiger partial charge is 0.411 e. The summed E-state index contributed by atoms with van der Waals surface area (Å²) in [6.45, 7) is -0.0558. The molecular formula is C13H16F3N3O4. The second kappa shape index (κ2) is 8.32. The van der Waals surface area contributed by atoms with Crippen molar-refractivity contribution in [1.82, 2.24) is 5.32 Å². The monoisotopic (exact) mass is 335 g/mol. The van der Waals surface area contributed by atoms with Gasteiger partial charge in [-0.3, -0.25) is 14.9 Å². The molecule has 0 aliphatic heterocycles. The number of nitrogens with zero attached hydrogens (tertiary/aromatic N) is 1. The van der Waals surface area contributed by atoms with Crippen LogP contribution in [0.25, 0.3) is 0 Å². The number of para-hydroxylation sites is 2. The van der Waals surface area contributed by atoms with Crippen LogP contribution in [-0.4, -0.2) is 42.8 Å². The van der Waals surface area contributed by atoms with Gasteiger partial charge in [0.1, 0.15) is 18.4 Å². The molecule has 0 aliphatic rings. The zero-order valence-corrected chi connectivity index (χ0v) is 12.2. The number of carbonyl (C=O) groups excluding carboxylic acids is 1. The van der Waals surface area contributed by atoms with Gasteiger partial charge in [-0.2, -0.15) is 13.2 Å². The molecule has 23 heavy (non-hydrogen) atoms. The number of benzene rings is 1. The van der Waals surface area contributed by atoms with Crippen LogP contribution in [0.3, 0.4) is 0 Å². The number of amides is 1. The van der Waals surface area contributed by atoms with E-state index in [1.165, 1.54) is 25.1 Å². The lowest BCUT2D eigenvalue weighted by atomic mass is 10.2. The molecule has 0 spiro atoms. The lowest BCUT2D eigenvalue weighted by Gasteiger charge is -2.15. The Labute approximate surface area is 130 Å². The Bertz CT molecular complexity index is 552. The van der Waals surface area contributed by atoms with Crippen LogP contribution < -0.4 is 10.6 Å². The molecule has 1 atom stereocenters. The van der Waals surface area contributed by atoms with Gasteiger partial charge in [0.25, 0.3) is 5.69 Å². The third-order valence-corrected chi connectivity index (χ3v) is 2.71. The maximum absolute atomic E-state index is 12.0. The molecule has 7 nitrogen and oxygen atoms in total. The van der Waals surface area contributed by atoms with E-state index in [9.17, 15) is 28.1 Å². The van der Waals surface area contributed by atoms with Crippen molar-refractivity contribution >= 4 is 17.3 Å². The van der Waals surface area contributed by atoms with Gasteiger partial charge in [0, 0.05) is 19.2 Å². The van der Waals surface area contributed by atoms with Crippen LogP contribution in [0, 0.1) is 10.1 Å². The number of nitro benzene ring substituents is 1. The van der Waals surface area contributed by atoms with Crippen molar-refractivity contribution in [2.75, 3.05) is 25.0 Å². The summed E-state index contributed by atoms with van der Waals surface area (Å²) in [5.74, 6) is -0.696. The molecule has 0 saturated carbocycles. The van der Waals surface area contributed by atoms with Crippen LogP contribution >= 0.6 is 0 Å². The van der Waals surface area contributed by atoms with Crippen LogP contribution in [-0.2, 0) is 9.53 Å². The third-order valence-electron chi connectivity index (χ3n) is 2.71. The molecule has 1 aromatic carbocycles. The van der Waals surface area contributed by atoms with Gasteiger partial charge in [-0.1, -0.05) is 12.1 Å². The summed E-state index contributed by atoms with van der Waals surface area (Å²) in [6.07, 6.45) is -5.75. The molecule has 0 heterocycles. The van der Waals surface area contributed by atoms with Gasteiger partial charge < -0.3 is 15.4 Å². The van der Waals surface area contributed by atoms with Gasteiger partial charge in [0.2, 0.25) is 5.91 Å². The molecule has 0 bridgehead atoms. The van der Waals surface area contributed by atoms with E-state index < -0.39 is 29.7 Å². The van der Waals surface area contributed by atoms with Crippen LogP contribution in [0.1, 0.15) is 6.92 Å². The van der Waals surface area contributed by atoms with Gasteiger partial charge in [0.05, 0.1) is 4.92 Å². The van der Waals surface area contributed by atoms with Crippen LogP contribution in [0.2, 0.25) is 0 Å². The molecule has 1 aromatic rings. The maximum Gasteiger partial charge on any atom is 0.411 e. The van der Waals surface area contributed by atoms with Gasteiger partial charge in [-0.25, -0.2) is 0 Å². The quantitative estimate of drug-likeness (QED) is 0.431. The van der Waals surface area contributed by atoms with E-state index in [-0.39, 0.29) is 24.5 Å². The minimum atomic E-state index is -4.50. The summed E-state index contributed by atoms with van der Waals surface area (Å²) < 4.78 is 40.3. The highest BCUT2D eigenvalue weighted by atomic mass is 19.4. The summed E-state index contributed by atoms with van der Waals surface area (Å²) in [6, 6.07) is 5.97. The Morgan fingerprint density at radius 2 is 2.00 bits per heavy atom. The second-order valence-electron chi connectivity index (χ2n) is 4.56. The van der Waals surface area contributed by atoms with E-state index in [1.807, 2.05) is 0 Å². The summed E-state index contributed by atoms with van der Waals surface area (Å²) in [5.41, 5.74) is 0.175. The molecular weight excluding hydrogens is 319 g/mol. The van der Waals surface area contributed by atoms with Crippen molar-refractivity contribution in [3.8, 4) is 0 Å². The Morgan fingerprint density at radius 3 is 2.61 bits per heavy atom. The van der Waals surface area contributed by atoms with E-state index >= 15 is 0 Å². The number of hydrogen-bond donors (Lipinski definition) is 2. The average Bonchev–Trinajstić information content (AvgIpc) is 2.48. The normalized spacial score (nSPS) is 12.5. The maximum atomic E-state index is 12.0. The molecule has 0 aliphatic carbocycles. The number of nitro groups is 1. The number of halogens is 3. The lowest BCUT2D eigenvalue weighted by Crippen LogP contribution is -2.38. The van der Waals surface area contributed by atoms with E-state index in [0.29, 0.717) is 0 Å². The lowest BCUT2D eigenvalue weighted by molar-refractivity contribution is -0.384. The molecule has 0 saturated heterocycles. The smallest absolute Gasteiger partial charge is 0.378 e. The molecule has 128 valence electrons. The Kier molecular flexibility index (Phi) is 6.76. The minimum Gasteiger partial charge on any atom is -0.378 e. The molecule has 0 radical (unpaired) electrons. The number of rotatable bonds is 8. The predicted molar refractivity (Wildman–Crippen MR) is 76.1 cm³/mol. The van der Waals surface area contributed by atoms with E-state index in [2.05, 4.69) is 15.4 Å². The second-order valence-corrected chi connectivity index (χ2v) is 4.56. The summed E-state index contributed by atoms with van der Waals surface area (Å²) in [4.78, 5) is 21.8. The minimum absolute atomic E-state index is 0.0740. The van der Waals surface area contributed by atoms with Crippen molar-refractivity contribution in [3.63, 3.8) is 0 Å². The standard InChI is InChI=1S/C13H16F3N3O4/c1-9(23-8-13(14,15)16)12(20)18-7-6-17-10-4-2-3-5-11(10)19(21)22/h2-5,9,17H,6-8H2,1H3,(H,18,20). The Morgan fingerprint density at radius 1 is 1.35 bits per heavy atom. The van der Waals surface area contributed by atoms with Crippen molar-refractivity contribution < 1.29 is 27.6 Å². The van der Waals surface area contributed by atoms with Crippen molar-refractivity contribution in [1.29, 1.82) is 0 Å². The zero-order chi connectivity index (χ0) is 17.5. The highest BCUT2D eigenvalue weighted by Gasteiger charge is 2.29. The van der Waals surface area contributed by atoms with Gasteiger partial charge in [0.15, 0.2) is 0 Å². The van der Waals surface area contributed by atoms with E-state index in [1.54, 1.807) is 6.07 Å². The SMILES string of the molecule is CC(OCC(F)(F)F)C(=O)NCCNc1ccccc1[N+](=O)[O-]. The van der Waals surface area contributed by atoms with Gasteiger partial charge >= 0.3 is 6.18 Å². The molecule has 1 amide bonds. The van der Waals surface area contributed by atoms with Gasteiger partial charge in [-0.15, -0.1) is 0 Å². The van der Waals surface area contributed by atoms with Crippen LogP contribution in [0.4, 0.5) is 24.5 Å². The first-order valence-electron chi connectivity index (χ1n) is 6.64. The van der Waals surface area contributed by atoms with Crippen molar-refractivity contribution in [3.05, 3.63) is 34.4 Å². The number of ether oxygens (including phenoxy) is 1. The fraction of sp³-hybridized carbons (Fsp3) is 0.462. The Balaban J connectivity index is 2.35. The zero-order valence-electron chi connectivity index (χ0n) is 12.2. The Hall–Kier alpha value is -2.36. The van der Waals surface area contributed by atoms with Crippen LogP contribution in [0.5, 0.6) is 0 Å². The number of anilines is 1. The summed E-state index contributed by atoms with van der Waals surface area (Å²) in [5, 5.41) is 15.9. The molecule has 2 N–H and O–H groups in total. The van der Waals surface area contributed by atoms with E-state index in [4.69, 9.17) is 0 Å². The predicted octanol–water partition coefficient (Wildman–Crippen LogP) is 2.09. The number of carbonyl (C=O) groups is 1. The number of hydrogen-bond acceptors (Lipinski definition) is 5. The fourth-order valence-corrected chi connectivity index (χ4v) is 1.60. The number of alkyl halides is 3. The molecule has 1 unspecified atom stereocenters. The highest BCUT2D eigenvalue weighted by molar-refractivity contribution is 5.80. The van der Waals surface area contributed by atoms with E-state index in [0.717, 1.165) is 0 Å². The number of nitrogens with one attached hydrogen (secondary N) is 2. The first-order valence-corrected chi connectivity index (χ1v) is 6.64. The van der Waals surface area contributed by atoms with Gasteiger partial charge in [-0.05, 0) is 13.0 Å². The summed E-state index contributed by atoms with van der Waals surface area (Å²) >= 11 is 0. The molecule has 0 fully saturated rings. The highest BCUT2D eigenvalue weighted by Crippen LogP contribution is 2.22. The topological polar surface area (TPSA) is 93.5 Å². The first kappa shape index (κ1) is 18.7. The third kappa shape index (κ3) is 6.96. The van der Waals surface area contributed by atoms with Crippen molar-refractivity contribution in [2.45, 2.75) is 19.2 Å². The van der Waals surface area contributed by atoms with Crippen LogP contribution in [0.15, 0.2) is 24.3 Å². The first-order chi connectivity index (χ1) is 10.7. The summed E-state index contributed by atoms with van der Waals surface area (Å²) in [7, 11) is 0. The molecule has 1 rings (SSSR count).